The molecule has 1 aliphatic heterocycles. The van der Waals surface area contributed by atoms with Crippen LogP contribution >= 0.6 is 27.3 Å². The number of thiophene rings is 1. The van der Waals surface area contributed by atoms with Gasteiger partial charge in [0.15, 0.2) is 5.78 Å². The molecule has 2 rings (SSSR count). The van der Waals surface area contributed by atoms with Gasteiger partial charge in [-0.1, -0.05) is 0 Å². The van der Waals surface area contributed by atoms with Crippen molar-refractivity contribution in [2.24, 2.45) is 0 Å². The van der Waals surface area contributed by atoms with Crippen molar-refractivity contribution >= 4 is 33.0 Å². The van der Waals surface area contributed by atoms with E-state index in [0.29, 0.717) is 13.2 Å². The van der Waals surface area contributed by atoms with Gasteiger partial charge in [-0.3, -0.25) is 9.69 Å². The third kappa shape index (κ3) is 4.65. The summed E-state index contributed by atoms with van der Waals surface area (Å²) >= 11 is 4.86. The quantitative estimate of drug-likeness (QED) is 0.801. The molecule has 1 aromatic heterocycles. The van der Waals surface area contributed by atoms with Crippen molar-refractivity contribution in [1.82, 2.24) is 4.90 Å². The van der Waals surface area contributed by atoms with E-state index in [1.165, 1.54) is 11.3 Å². The molecule has 6 heteroatoms. The Labute approximate surface area is 125 Å². The number of carbonyl (C=O) groups is 1. The number of ether oxygens (including phenoxy) is 1. The Balaban J connectivity index is 1.75. The molecule has 0 aliphatic carbocycles. The number of aliphatic hydroxyl groups excluding tert-OH is 1. The molecule has 2 heterocycles. The summed E-state index contributed by atoms with van der Waals surface area (Å²) in [6.45, 7) is 2.74. The van der Waals surface area contributed by atoms with E-state index in [1.54, 1.807) is 0 Å². The molecule has 1 fully saturated rings. The van der Waals surface area contributed by atoms with Crippen molar-refractivity contribution in [1.29, 1.82) is 0 Å². The summed E-state index contributed by atoms with van der Waals surface area (Å²) in [6.07, 6.45) is 2.09. The summed E-state index contributed by atoms with van der Waals surface area (Å²) in [5, 5.41) is 8.71. The minimum atomic E-state index is 0.0754. The molecule has 0 unspecified atom stereocenters. The Morgan fingerprint density at radius 2 is 2.21 bits per heavy atom. The van der Waals surface area contributed by atoms with Crippen LogP contribution in [-0.4, -0.2) is 54.7 Å². The lowest BCUT2D eigenvalue weighted by Crippen LogP contribution is -2.40. The highest BCUT2D eigenvalue weighted by atomic mass is 79.9. The minimum Gasteiger partial charge on any atom is -0.394 e. The molecular formula is C13H18BrNO3S. The first-order valence-electron chi connectivity index (χ1n) is 6.42. The van der Waals surface area contributed by atoms with Crippen LogP contribution in [-0.2, 0) is 4.74 Å². The van der Waals surface area contributed by atoms with E-state index in [2.05, 4.69) is 20.8 Å². The second-order valence-corrected chi connectivity index (χ2v) is 7.06. The summed E-state index contributed by atoms with van der Waals surface area (Å²) < 4.78 is 6.50. The fraction of sp³-hybridized carbons (Fsp3) is 0.615. The van der Waals surface area contributed by atoms with Gasteiger partial charge < -0.3 is 9.84 Å². The number of halogens is 1. The first kappa shape index (κ1) is 15.1. The average molecular weight is 348 g/mol. The Kier molecular flexibility index (Phi) is 5.97. The van der Waals surface area contributed by atoms with Crippen LogP contribution in [0.3, 0.4) is 0 Å². The number of Topliss-reactive ketones (excluding diaryl/α,β-unsaturated/α-hetero) is 1. The van der Waals surface area contributed by atoms with Gasteiger partial charge in [-0.2, -0.15) is 0 Å². The van der Waals surface area contributed by atoms with Crippen molar-refractivity contribution in [3.63, 3.8) is 0 Å². The minimum absolute atomic E-state index is 0.0754. The zero-order chi connectivity index (χ0) is 13.7. The van der Waals surface area contributed by atoms with Gasteiger partial charge in [-0.15, -0.1) is 11.3 Å². The van der Waals surface area contributed by atoms with Gasteiger partial charge in [0, 0.05) is 13.1 Å². The molecule has 1 aromatic rings. The van der Waals surface area contributed by atoms with Crippen LogP contribution in [0.5, 0.6) is 0 Å². The van der Waals surface area contributed by atoms with Crippen LogP contribution in [0.25, 0.3) is 0 Å². The first-order valence-corrected chi connectivity index (χ1v) is 8.03. The van der Waals surface area contributed by atoms with Gasteiger partial charge in [-0.25, -0.2) is 0 Å². The number of hydrogen-bond acceptors (Lipinski definition) is 5. The highest BCUT2D eigenvalue weighted by Crippen LogP contribution is 2.23. The molecule has 0 aromatic carbocycles. The summed E-state index contributed by atoms with van der Waals surface area (Å²) in [4.78, 5) is 15.0. The molecule has 0 spiro atoms. The summed E-state index contributed by atoms with van der Waals surface area (Å²) in [5.74, 6) is 0.186. The maximum Gasteiger partial charge on any atom is 0.186 e. The van der Waals surface area contributed by atoms with Crippen LogP contribution in [0, 0.1) is 0 Å². The first-order chi connectivity index (χ1) is 9.19. The summed E-state index contributed by atoms with van der Waals surface area (Å²) in [6, 6.07) is 3.78. The van der Waals surface area contributed by atoms with Crippen LogP contribution in [0.1, 0.15) is 22.5 Å². The zero-order valence-corrected chi connectivity index (χ0v) is 13.1. The second kappa shape index (κ2) is 7.50. The molecule has 0 amide bonds. The molecule has 0 bridgehead atoms. The fourth-order valence-corrected chi connectivity index (χ4v) is 3.51. The Morgan fingerprint density at radius 1 is 1.47 bits per heavy atom. The van der Waals surface area contributed by atoms with Crippen molar-refractivity contribution in [2.45, 2.75) is 18.9 Å². The van der Waals surface area contributed by atoms with Gasteiger partial charge in [-0.05, 0) is 40.9 Å². The molecule has 1 aliphatic rings. The number of rotatable bonds is 6. The molecular weight excluding hydrogens is 330 g/mol. The van der Waals surface area contributed by atoms with Crippen molar-refractivity contribution < 1.29 is 14.6 Å². The van der Waals surface area contributed by atoms with Crippen LogP contribution in [0.4, 0.5) is 0 Å². The SMILES string of the molecule is O=C(CN1CCC(OCCO)CC1)c1ccc(Br)s1. The van der Waals surface area contributed by atoms with Crippen molar-refractivity contribution in [2.75, 3.05) is 32.8 Å². The standard InChI is InChI=1S/C13H18BrNO3S/c14-13-2-1-12(19-13)11(17)9-15-5-3-10(4-6-15)18-8-7-16/h1-2,10,16H,3-9H2. The normalized spacial score (nSPS) is 17.8. The molecule has 1 N–H and O–H groups in total. The van der Waals surface area contributed by atoms with E-state index < -0.39 is 0 Å². The van der Waals surface area contributed by atoms with Crippen molar-refractivity contribution in [3.8, 4) is 0 Å². The van der Waals surface area contributed by atoms with Crippen LogP contribution in [0.2, 0.25) is 0 Å². The monoisotopic (exact) mass is 347 g/mol. The second-order valence-electron chi connectivity index (χ2n) is 4.60. The van der Waals surface area contributed by atoms with Gasteiger partial charge in [0.2, 0.25) is 0 Å². The van der Waals surface area contributed by atoms with Crippen LogP contribution < -0.4 is 0 Å². The fourth-order valence-electron chi connectivity index (χ4n) is 2.20. The van der Waals surface area contributed by atoms with Crippen molar-refractivity contribution in [3.05, 3.63) is 20.8 Å². The van der Waals surface area contributed by atoms with E-state index in [9.17, 15) is 4.79 Å². The lowest BCUT2D eigenvalue weighted by Gasteiger charge is -2.31. The molecule has 4 nitrogen and oxygen atoms in total. The lowest BCUT2D eigenvalue weighted by atomic mass is 10.1. The van der Waals surface area contributed by atoms with Gasteiger partial charge >= 0.3 is 0 Å². The number of likely N-dealkylation sites (tertiary alicyclic amines) is 1. The topological polar surface area (TPSA) is 49.8 Å². The Morgan fingerprint density at radius 3 is 2.79 bits per heavy atom. The molecule has 0 atom stereocenters. The molecule has 1 saturated heterocycles. The number of carbonyl (C=O) groups excluding carboxylic acids is 1. The molecule has 106 valence electrons. The Hall–Kier alpha value is -0.270. The molecule has 19 heavy (non-hydrogen) atoms. The highest BCUT2D eigenvalue weighted by Gasteiger charge is 2.22. The van der Waals surface area contributed by atoms with E-state index in [1.807, 2.05) is 12.1 Å². The highest BCUT2D eigenvalue weighted by molar-refractivity contribution is 9.11. The lowest BCUT2D eigenvalue weighted by molar-refractivity contribution is -0.00687. The predicted molar refractivity (Wildman–Crippen MR) is 78.8 cm³/mol. The number of aliphatic hydroxyl groups is 1. The van der Waals surface area contributed by atoms with E-state index in [4.69, 9.17) is 9.84 Å². The third-order valence-corrected chi connectivity index (χ3v) is 4.86. The largest absolute Gasteiger partial charge is 0.394 e. The van der Waals surface area contributed by atoms with Gasteiger partial charge in [0.25, 0.3) is 0 Å². The number of nitrogens with zero attached hydrogens (tertiary/aromatic N) is 1. The van der Waals surface area contributed by atoms with Gasteiger partial charge in [0.1, 0.15) is 0 Å². The average Bonchev–Trinajstić information content (AvgIpc) is 2.85. The predicted octanol–water partition coefficient (Wildman–Crippen LogP) is 2.17. The molecule has 0 radical (unpaired) electrons. The maximum atomic E-state index is 12.1. The smallest absolute Gasteiger partial charge is 0.186 e. The summed E-state index contributed by atoms with van der Waals surface area (Å²) in [7, 11) is 0. The van der Waals surface area contributed by atoms with E-state index >= 15 is 0 Å². The number of hydrogen-bond donors (Lipinski definition) is 1. The van der Waals surface area contributed by atoms with E-state index in [-0.39, 0.29) is 18.5 Å². The van der Waals surface area contributed by atoms with E-state index in [0.717, 1.165) is 34.6 Å². The Bertz CT molecular complexity index is 416. The maximum absolute atomic E-state index is 12.1. The molecule has 0 saturated carbocycles. The summed E-state index contributed by atoms with van der Waals surface area (Å²) in [5.41, 5.74) is 0. The number of piperidine rings is 1. The third-order valence-electron chi connectivity index (χ3n) is 3.19. The zero-order valence-electron chi connectivity index (χ0n) is 10.7. The van der Waals surface area contributed by atoms with Crippen LogP contribution in [0.15, 0.2) is 15.9 Å². The van der Waals surface area contributed by atoms with Gasteiger partial charge in [0.05, 0.1) is 34.5 Å². The number of ketones is 1.